The minimum absolute atomic E-state index is 0.406. The molecule has 2 N–H and O–H groups in total. The van der Waals surface area contributed by atoms with E-state index < -0.39 is 11.5 Å². The zero-order valence-electron chi connectivity index (χ0n) is 9.58. The first-order valence-corrected chi connectivity index (χ1v) is 8.92. The van der Waals surface area contributed by atoms with Crippen molar-refractivity contribution in [3.63, 3.8) is 0 Å². The molecule has 2 rings (SSSR count). The fourth-order valence-electron chi connectivity index (χ4n) is 2.09. The molecule has 5 heteroatoms. The molecule has 1 aromatic rings. The highest BCUT2D eigenvalue weighted by atomic mass is 32.7. The monoisotopic (exact) mass is 272 g/mol. The second-order valence-corrected chi connectivity index (χ2v) is 8.99. The van der Waals surface area contributed by atoms with E-state index in [1.165, 1.54) is 0 Å². The second-order valence-electron chi connectivity index (χ2n) is 4.45. The van der Waals surface area contributed by atoms with Crippen LogP contribution in [0.25, 0.3) is 0 Å². The molecule has 17 heavy (non-hydrogen) atoms. The number of benzene rings is 1. The fourth-order valence-corrected chi connectivity index (χ4v) is 6.29. The molecule has 0 aliphatic heterocycles. The molecule has 1 saturated carbocycles. The highest BCUT2D eigenvalue weighted by Crippen LogP contribution is 2.61. The minimum Gasteiger partial charge on any atom is -0.379 e. The van der Waals surface area contributed by atoms with E-state index in [1.807, 2.05) is 6.07 Å². The molecule has 0 spiro atoms. The van der Waals surface area contributed by atoms with Crippen molar-refractivity contribution in [3.05, 3.63) is 30.3 Å². The summed E-state index contributed by atoms with van der Waals surface area (Å²) in [4.78, 5) is 9.03. The van der Waals surface area contributed by atoms with Crippen molar-refractivity contribution in [3.8, 4) is 0 Å². The van der Waals surface area contributed by atoms with Gasteiger partial charge < -0.3 is 10.00 Å². The van der Waals surface area contributed by atoms with E-state index in [2.05, 4.69) is 0 Å². The number of aliphatic hydroxyl groups is 1. The van der Waals surface area contributed by atoms with Crippen molar-refractivity contribution in [1.82, 2.24) is 0 Å². The van der Waals surface area contributed by atoms with Gasteiger partial charge in [-0.3, -0.25) is 4.57 Å². The van der Waals surface area contributed by atoms with Crippen LogP contribution in [0.5, 0.6) is 0 Å². The predicted octanol–water partition coefficient (Wildman–Crippen LogP) is 2.88. The number of rotatable bonds is 3. The molecule has 0 bridgehead atoms. The van der Waals surface area contributed by atoms with E-state index in [-0.39, 0.29) is 0 Å². The lowest BCUT2D eigenvalue weighted by atomic mass is 9.97. The van der Waals surface area contributed by atoms with Crippen molar-refractivity contribution in [1.29, 1.82) is 0 Å². The van der Waals surface area contributed by atoms with Gasteiger partial charge in [0.2, 0.25) is 0 Å². The first-order valence-electron chi connectivity index (χ1n) is 5.83. The van der Waals surface area contributed by atoms with Crippen LogP contribution < -0.4 is 5.30 Å². The molecule has 1 atom stereocenters. The Balaban J connectivity index is 2.14. The van der Waals surface area contributed by atoms with Gasteiger partial charge in [0.15, 0.2) is 0 Å². The Bertz CT molecular complexity index is 415. The first kappa shape index (κ1) is 13.2. The van der Waals surface area contributed by atoms with E-state index in [0.717, 1.165) is 30.6 Å². The standard InChI is InChI=1S/C12H17O3PS/c13-12(9-5-2-6-10-12)17-16(14,15)11-7-3-1-4-8-11/h1,3-4,7-8,13H,2,5-6,9-10H2,(H,14,15). The van der Waals surface area contributed by atoms with Gasteiger partial charge in [-0.2, -0.15) is 0 Å². The largest absolute Gasteiger partial charge is 0.379 e. The Morgan fingerprint density at radius 3 is 2.29 bits per heavy atom. The van der Waals surface area contributed by atoms with Crippen molar-refractivity contribution in [2.75, 3.05) is 0 Å². The maximum Gasteiger partial charge on any atom is 0.287 e. The van der Waals surface area contributed by atoms with Crippen LogP contribution in [0.2, 0.25) is 0 Å². The van der Waals surface area contributed by atoms with E-state index in [1.54, 1.807) is 24.3 Å². The van der Waals surface area contributed by atoms with Crippen molar-refractivity contribution in [2.24, 2.45) is 0 Å². The molecule has 1 aliphatic rings. The van der Waals surface area contributed by atoms with Crippen LogP contribution in [0, 0.1) is 0 Å². The average Bonchev–Trinajstić information content (AvgIpc) is 2.30. The molecule has 0 radical (unpaired) electrons. The Labute approximate surface area is 105 Å². The number of hydrogen-bond acceptors (Lipinski definition) is 3. The summed E-state index contributed by atoms with van der Waals surface area (Å²) in [6.07, 6.45) is 4.17. The lowest BCUT2D eigenvalue weighted by Gasteiger charge is -2.32. The van der Waals surface area contributed by atoms with Crippen LogP contribution in [-0.4, -0.2) is 14.9 Å². The van der Waals surface area contributed by atoms with E-state index >= 15 is 0 Å². The van der Waals surface area contributed by atoms with Crippen LogP contribution in [0.3, 0.4) is 0 Å². The van der Waals surface area contributed by atoms with Gasteiger partial charge >= 0.3 is 0 Å². The van der Waals surface area contributed by atoms with Gasteiger partial charge in [-0.1, -0.05) is 24.6 Å². The SMILES string of the molecule is O=P(O)(SC1(O)CCCCC1)c1ccccc1. The molecule has 1 unspecified atom stereocenters. The topological polar surface area (TPSA) is 57.5 Å². The zero-order valence-corrected chi connectivity index (χ0v) is 11.3. The summed E-state index contributed by atoms with van der Waals surface area (Å²) >= 11 is 0.845. The van der Waals surface area contributed by atoms with E-state index in [0.29, 0.717) is 18.1 Å². The third kappa shape index (κ3) is 3.35. The molecule has 1 aromatic carbocycles. The van der Waals surface area contributed by atoms with Gasteiger partial charge in [0.1, 0.15) is 4.93 Å². The highest BCUT2D eigenvalue weighted by molar-refractivity contribution is 8.59. The summed E-state index contributed by atoms with van der Waals surface area (Å²) < 4.78 is 12.2. The minimum atomic E-state index is -3.51. The average molecular weight is 272 g/mol. The van der Waals surface area contributed by atoms with Gasteiger partial charge in [0, 0.05) is 5.30 Å². The van der Waals surface area contributed by atoms with Gasteiger partial charge in [0.25, 0.3) is 6.57 Å². The Morgan fingerprint density at radius 1 is 1.12 bits per heavy atom. The molecule has 0 saturated heterocycles. The van der Waals surface area contributed by atoms with Gasteiger partial charge in [-0.05, 0) is 49.2 Å². The van der Waals surface area contributed by atoms with Crippen LogP contribution in [-0.2, 0) is 4.57 Å². The van der Waals surface area contributed by atoms with Gasteiger partial charge in [-0.25, -0.2) is 0 Å². The van der Waals surface area contributed by atoms with Gasteiger partial charge in [0.05, 0.1) is 0 Å². The third-order valence-corrected chi connectivity index (χ3v) is 7.35. The Morgan fingerprint density at radius 2 is 1.71 bits per heavy atom. The van der Waals surface area contributed by atoms with Crippen molar-refractivity contribution < 1.29 is 14.6 Å². The van der Waals surface area contributed by atoms with Crippen LogP contribution in [0.4, 0.5) is 0 Å². The summed E-state index contributed by atoms with van der Waals surface area (Å²) in [5.41, 5.74) is 0. The molecule has 0 heterocycles. The van der Waals surface area contributed by atoms with Crippen LogP contribution >= 0.6 is 18.0 Å². The lowest BCUT2D eigenvalue weighted by molar-refractivity contribution is 0.0958. The molecule has 1 fully saturated rings. The normalized spacial score (nSPS) is 22.9. The maximum atomic E-state index is 12.2. The zero-order chi connectivity index (χ0) is 12.4. The third-order valence-electron chi connectivity index (χ3n) is 3.01. The molecule has 0 amide bonds. The molecule has 1 aliphatic carbocycles. The van der Waals surface area contributed by atoms with Crippen LogP contribution in [0.15, 0.2) is 30.3 Å². The van der Waals surface area contributed by atoms with Crippen molar-refractivity contribution >= 4 is 23.3 Å². The smallest absolute Gasteiger partial charge is 0.287 e. The fraction of sp³-hybridized carbons (Fsp3) is 0.500. The van der Waals surface area contributed by atoms with Crippen LogP contribution in [0.1, 0.15) is 32.1 Å². The summed E-state index contributed by atoms with van der Waals surface area (Å²) in [5, 5.41) is 10.7. The summed E-state index contributed by atoms with van der Waals surface area (Å²) in [5.74, 6) is 0. The quantitative estimate of drug-likeness (QED) is 0.656. The summed E-state index contributed by atoms with van der Waals surface area (Å²) in [6.45, 7) is -3.51. The predicted molar refractivity (Wildman–Crippen MR) is 71.5 cm³/mol. The number of hydrogen-bond donors (Lipinski definition) is 2. The van der Waals surface area contributed by atoms with Gasteiger partial charge in [-0.15, -0.1) is 0 Å². The molecular weight excluding hydrogens is 255 g/mol. The highest BCUT2D eigenvalue weighted by Gasteiger charge is 2.38. The second kappa shape index (κ2) is 5.15. The molecule has 0 aromatic heterocycles. The van der Waals surface area contributed by atoms with E-state index in [9.17, 15) is 14.6 Å². The Kier molecular flexibility index (Phi) is 3.99. The molecular formula is C12H17O3PS. The maximum absolute atomic E-state index is 12.2. The summed E-state index contributed by atoms with van der Waals surface area (Å²) in [6, 6.07) is 8.57. The molecule has 3 nitrogen and oxygen atoms in total. The van der Waals surface area contributed by atoms with Crippen molar-refractivity contribution in [2.45, 2.75) is 37.0 Å². The lowest BCUT2D eigenvalue weighted by Crippen LogP contribution is -2.27. The first-order chi connectivity index (χ1) is 8.02. The Hall–Kier alpha value is -0.280. The molecule has 94 valence electrons. The summed E-state index contributed by atoms with van der Waals surface area (Å²) in [7, 11) is 0. The van der Waals surface area contributed by atoms with E-state index in [4.69, 9.17) is 0 Å².